The van der Waals surface area contributed by atoms with E-state index in [0.717, 1.165) is 13.2 Å². The number of rotatable bonds is 4. The SMILES string of the molecule is CCCCCN1CC=NC1. The summed E-state index contributed by atoms with van der Waals surface area (Å²) >= 11 is 0. The molecule has 0 bridgehead atoms. The predicted molar refractivity (Wildman–Crippen MR) is 44.5 cm³/mol. The fraction of sp³-hybridized carbons (Fsp3) is 0.875. The van der Waals surface area contributed by atoms with Crippen LogP contribution in [0.25, 0.3) is 0 Å². The Kier molecular flexibility index (Phi) is 3.44. The van der Waals surface area contributed by atoms with Crippen LogP contribution in [0.5, 0.6) is 0 Å². The van der Waals surface area contributed by atoms with Gasteiger partial charge in [-0.25, -0.2) is 0 Å². The van der Waals surface area contributed by atoms with E-state index in [9.17, 15) is 0 Å². The first-order valence-electron chi connectivity index (χ1n) is 4.14. The highest BCUT2D eigenvalue weighted by atomic mass is 15.2. The van der Waals surface area contributed by atoms with Crippen molar-refractivity contribution in [1.29, 1.82) is 0 Å². The summed E-state index contributed by atoms with van der Waals surface area (Å²) in [6, 6.07) is 0. The Bertz CT molecular complexity index is 102. The molecule has 0 aromatic rings. The Hall–Kier alpha value is -0.370. The maximum Gasteiger partial charge on any atom is 0.0909 e. The summed E-state index contributed by atoms with van der Waals surface area (Å²) < 4.78 is 0. The molecule has 0 radical (unpaired) electrons. The first-order chi connectivity index (χ1) is 4.93. The van der Waals surface area contributed by atoms with Gasteiger partial charge in [-0.15, -0.1) is 0 Å². The number of hydrogen-bond donors (Lipinski definition) is 0. The Morgan fingerprint density at radius 3 is 3.00 bits per heavy atom. The zero-order valence-electron chi connectivity index (χ0n) is 6.71. The van der Waals surface area contributed by atoms with Crippen LogP contribution in [0.4, 0.5) is 0 Å². The molecule has 0 aromatic heterocycles. The van der Waals surface area contributed by atoms with Crippen LogP contribution < -0.4 is 0 Å². The molecule has 0 spiro atoms. The highest BCUT2D eigenvalue weighted by molar-refractivity contribution is 5.61. The molecule has 1 rings (SSSR count). The Labute approximate surface area is 62.9 Å². The first-order valence-corrected chi connectivity index (χ1v) is 4.14. The lowest BCUT2D eigenvalue weighted by Crippen LogP contribution is -2.21. The maximum atomic E-state index is 4.14. The van der Waals surface area contributed by atoms with Crippen LogP contribution in [-0.4, -0.2) is 30.9 Å². The third-order valence-electron chi connectivity index (χ3n) is 1.83. The van der Waals surface area contributed by atoms with E-state index in [1.165, 1.54) is 25.8 Å². The largest absolute Gasteiger partial charge is 0.281 e. The van der Waals surface area contributed by atoms with E-state index in [4.69, 9.17) is 0 Å². The fourth-order valence-electron chi connectivity index (χ4n) is 1.15. The lowest BCUT2D eigenvalue weighted by Gasteiger charge is -2.11. The van der Waals surface area contributed by atoms with Crippen molar-refractivity contribution in [3.8, 4) is 0 Å². The van der Waals surface area contributed by atoms with Crippen molar-refractivity contribution in [2.75, 3.05) is 19.8 Å². The van der Waals surface area contributed by atoms with Crippen molar-refractivity contribution in [3.63, 3.8) is 0 Å². The molecule has 0 amide bonds. The Morgan fingerprint density at radius 2 is 2.40 bits per heavy atom. The lowest BCUT2D eigenvalue weighted by molar-refractivity contribution is 0.333. The van der Waals surface area contributed by atoms with Crippen LogP contribution >= 0.6 is 0 Å². The van der Waals surface area contributed by atoms with Crippen molar-refractivity contribution in [2.45, 2.75) is 26.2 Å². The van der Waals surface area contributed by atoms with Gasteiger partial charge in [0.15, 0.2) is 0 Å². The zero-order valence-corrected chi connectivity index (χ0v) is 6.71. The van der Waals surface area contributed by atoms with Gasteiger partial charge in [0.05, 0.1) is 6.67 Å². The topological polar surface area (TPSA) is 15.6 Å². The molecule has 2 heteroatoms. The van der Waals surface area contributed by atoms with Crippen molar-refractivity contribution in [3.05, 3.63) is 0 Å². The number of aliphatic imine (C=N–C) groups is 1. The molecular weight excluding hydrogens is 124 g/mol. The molecule has 0 atom stereocenters. The first kappa shape index (κ1) is 7.73. The average molecular weight is 140 g/mol. The summed E-state index contributed by atoms with van der Waals surface area (Å²) in [6.45, 7) is 5.47. The van der Waals surface area contributed by atoms with Gasteiger partial charge in [0, 0.05) is 19.3 Å². The van der Waals surface area contributed by atoms with Gasteiger partial charge in [-0.2, -0.15) is 0 Å². The third-order valence-corrected chi connectivity index (χ3v) is 1.83. The minimum Gasteiger partial charge on any atom is -0.281 e. The summed E-state index contributed by atoms with van der Waals surface area (Å²) in [5.41, 5.74) is 0. The standard InChI is InChI=1S/C8H16N2/c1-2-3-4-6-10-7-5-9-8-10/h5H,2-4,6-8H2,1H3. The number of nitrogens with zero attached hydrogens (tertiary/aromatic N) is 2. The molecule has 0 fully saturated rings. The summed E-state index contributed by atoms with van der Waals surface area (Å²) in [4.78, 5) is 6.52. The monoisotopic (exact) mass is 140 g/mol. The van der Waals surface area contributed by atoms with E-state index in [-0.39, 0.29) is 0 Å². The van der Waals surface area contributed by atoms with E-state index < -0.39 is 0 Å². The summed E-state index contributed by atoms with van der Waals surface area (Å²) in [7, 11) is 0. The van der Waals surface area contributed by atoms with Crippen molar-refractivity contribution >= 4 is 6.21 Å². The second-order valence-electron chi connectivity index (χ2n) is 2.79. The number of hydrogen-bond acceptors (Lipinski definition) is 2. The lowest BCUT2D eigenvalue weighted by atomic mass is 10.2. The van der Waals surface area contributed by atoms with Crippen LogP contribution in [-0.2, 0) is 0 Å². The molecule has 0 saturated carbocycles. The van der Waals surface area contributed by atoms with Gasteiger partial charge in [0.25, 0.3) is 0 Å². The van der Waals surface area contributed by atoms with Gasteiger partial charge in [-0.1, -0.05) is 19.8 Å². The normalized spacial score (nSPS) is 18.5. The van der Waals surface area contributed by atoms with Gasteiger partial charge in [0.2, 0.25) is 0 Å². The van der Waals surface area contributed by atoms with E-state index in [1.807, 2.05) is 6.21 Å². The highest BCUT2D eigenvalue weighted by Gasteiger charge is 2.04. The molecule has 0 unspecified atom stereocenters. The van der Waals surface area contributed by atoms with E-state index in [0.29, 0.717) is 0 Å². The van der Waals surface area contributed by atoms with Gasteiger partial charge in [-0.05, 0) is 6.42 Å². The quantitative estimate of drug-likeness (QED) is 0.540. The smallest absolute Gasteiger partial charge is 0.0909 e. The van der Waals surface area contributed by atoms with Crippen LogP contribution in [0.1, 0.15) is 26.2 Å². The molecule has 0 saturated heterocycles. The molecule has 1 aliphatic rings. The van der Waals surface area contributed by atoms with Gasteiger partial charge < -0.3 is 0 Å². The summed E-state index contributed by atoms with van der Waals surface area (Å²) in [6.07, 6.45) is 6.01. The zero-order chi connectivity index (χ0) is 7.23. The van der Waals surface area contributed by atoms with Crippen LogP contribution in [0, 0.1) is 0 Å². The van der Waals surface area contributed by atoms with Gasteiger partial charge >= 0.3 is 0 Å². The molecule has 2 nitrogen and oxygen atoms in total. The molecule has 10 heavy (non-hydrogen) atoms. The van der Waals surface area contributed by atoms with Crippen LogP contribution in [0.15, 0.2) is 4.99 Å². The Morgan fingerprint density at radius 1 is 1.50 bits per heavy atom. The Balaban J connectivity index is 1.93. The third kappa shape index (κ3) is 2.48. The minimum absolute atomic E-state index is 0.934. The second-order valence-corrected chi connectivity index (χ2v) is 2.79. The average Bonchev–Trinajstić information content (AvgIpc) is 2.41. The predicted octanol–water partition coefficient (Wildman–Crippen LogP) is 1.52. The highest BCUT2D eigenvalue weighted by Crippen LogP contribution is 2.00. The summed E-state index contributed by atoms with van der Waals surface area (Å²) in [5.74, 6) is 0. The summed E-state index contributed by atoms with van der Waals surface area (Å²) in [5, 5.41) is 0. The van der Waals surface area contributed by atoms with Crippen molar-refractivity contribution in [1.82, 2.24) is 4.90 Å². The second kappa shape index (κ2) is 4.45. The molecule has 1 aliphatic heterocycles. The van der Waals surface area contributed by atoms with Crippen LogP contribution in [0.2, 0.25) is 0 Å². The van der Waals surface area contributed by atoms with Gasteiger partial charge in [0.1, 0.15) is 0 Å². The molecule has 1 heterocycles. The molecule has 0 aliphatic carbocycles. The van der Waals surface area contributed by atoms with Crippen molar-refractivity contribution < 1.29 is 0 Å². The van der Waals surface area contributed by atoms with E-state index in [2.05, 4.69) is 16.8 Å². The molecule has 0 aromatic carbocycles. The fourth-order valence-corrected chi connectivity index (χ4v) is 1.15. The maximum absolute atomic E-state index is 4.14. The van der Waals surface area contributed by atoms with E-state index in [1.54, 1.807) is 0 Å². The van der Waals surface area contributed by atoms with Crippen molar-refractivity contribution in [2.24, 2.45) is 4.99 Å². The van der Waals surface area contributed by atoms with Gasteiger partial charge in [-0.3, -0.25) is 9.89 Å². The minimum atomic E-state index is 0.934. The molecule has 0 N–H and O–H groups in total. The molecular formula is C8H16N2. The van der Waals surface area contributed by atoms with E-state index >= 15 is 0 Å². The molecule has 58 valence electrons. The number of unbranched alkanes of at least 4 members (excludes halogenated alkanes) is 2. The van der Waals surface area contributed by atoms with Crippen LogP contribution in [0.3, 0.4) is 0 Å².